The van der Waals surface area contributed by atoms with Crippen LogP contribution in [0, 0.1) is 5.92 Å². The fourth-order valence-electron chi connectivity index (χ4n) is 5.38. The Morgan fingerprint density at radius 1 is 1.10 bits per heavy atom. The van der Waals surface area contributed by atoms with Crippen molar-refractivity contribution in [1.29, 1.82) is 0 Å². The third kappa shape index (κ3) is 4.44. The van der Waals surface area contributed by atoms with Crippen LogP contribution in [0.15, 0.2) is 24.3 Å². The van der Waals surface area contributed by atoms with E-state index in [0.717, 1.165) is 50.1 Å². The molecule has 2 heterocycles. The summed E-state index contributed by atoms with van der Waals surface area (Å²) in [6.07, 6.45) is 8.78. The first-order valence-electron chi connectivity index (χ1n) is 11.2. The molecule has 158 valence electrons. The first-order valence-corrected chi connectivity index (χ1v) is 11.2. The van der Waals surface area contributed by atoms with E-state index >= 15 is 0 Å². The molecule has 3 aliphatic rings. The van der Waals surface area contributed by atoms with Crippen molar-refractivity contribution in [3.63, 3.8) is 0 Å². The van der Waals surface area contributed by atoms with Gasteiger partial charge >= 0.3 is 0 Å². The number of hydrogen-bond acceptors (Lipinski definition) is 3. The minimum atomic E-state index is -0.254. The number of rotatable bonds is 4. The lowest BCUT2D eigenvalue weighted by atomic mass is 9.76. The summed E-state index contributed by atoms with van der Waals surface area (Å²) in [5.41, 5.74) is 0.892. The number of hydrogen-bond donors (Lipinski definition) is 0. The van der Waals surface area contributed by atoms with E-state index in [1.807, 2.05) is 37.2 Å². The highest BCUT2D eigenvalue weighted by molar-refractivity contribution is 5.77. The summed E-state index contributed by atoms with van der Waals surface area (Å²) in [6.45, 7) is 1.53. The summed E-state index contributed by atoms with van der Waals surface area (Å²) >= 11 is 0. The number of carbonyl (C=O) groups excluding carboxylic acids is 2. The predicted octanol–water partition coefficient (Wildman–Crippen LogP) is 3.97. The monoisotopic (exact) mass is 398 g/mol. The van der Waals surface area contributed by atoms with E-state index in [0.29, 0.717) is 18.2 Å². The molecule has 0 bridgehead atoms. The fraction of sp³-hybridized carbons (Fsp3) is 0.667. The van der Waals surface area contributed by atoms with Gasteiger partial charge in [-0.2, -0.15) is 0 Å². The lowest BCUT2D eigenvalue weighted by Crippen LogP contribution is -2.52. The lowest BCUT2D eigenvalue weighted by Gasteiger charge is -2.47. The molecule has 2 amide bonds. The molecule has 0 aromatic heterocycles. The molecule has 29 heavy (non-hydrogen) atoms. The second-order valence-electron chi connectivity index (χ2n) is 9.45. The Hall–Kier alpha value is -2.04. The standard InChI is InChI=1S/C24H34N2O3/c1-25(2)22(27)16-19-17-24(29-21-10-6-5-9-20(19)21)11-13-26(14-12-24)23(28)15-18-7-3-4-8-18/h5-6,9-10,18-19H,3-4,7-8,11-17H2,1-2H3/t19-/m1/s1. The number of nitrogens with zero attached hydrogens (tertiary/aromatic N) is 2. The Balaban J connectivity index is 1.43. The maximum Gasteiger partial charge on any atom is 0.222 e. The van der Waals surface area contributed by atoms with E-state index in [1.165, 1.54) is 25.7 Å². The summed E-state index contributed by atoms with van der Waals surface area (Å²) in [6, 6.07) is 8.15. The number of amides is 2. The second-order valence-corrected chi connectivity index (χ2v) is 9.45. The molecule has 4 rings (SSSR count). The number of likely N-dealkylation sites (tertiary alicyclic amines) is 1. The maximum absolute atomic E-state index is 12.7. The van der Waals surface area contributed by atoms with Crippen LogP contribution < -0.4 is 4.74 Å². The highest BCUT2D eigenvalue weighted by Crippen LogP contribution is 2.46. The molecule has 1 saturated carbocycles. The summed E-state index contributed by atoms with van der Waals surface area (Å²) in [5, 5.41) is 0. The van der Waals surface area contributed by atoms with Crippen LogP contribution in [-0.2, 0) is 9.59 Å². The first kappa shape index (κ1) is 20.2. The lowest BCUT2D eigenvalue weighted by molar-refractivity contribution is -0.136. The van der Waals surface area contributed by atoms with Crippen LogP contribution in [0.5, 0.6) is 5.75 Å². The van der Waals surface area contributed by atoms with Gasteiger partial charge in [0.15, 0.2) is 0 Å². The molecule has 5 nitrogen and oxygen atoms in total. The summed E-state index contributed by atoms with van der Waals surface area (Å²) in [4.78, 5) is 28.9. The van der Waals surface area contributed by atoms with Gasteiger partial charge in [-0.3, -0.25) is 9.59 Å². The Morgan fingerprint density at radius 3 is 2.48 bits per heavy atom. The van der Waals surface area contributed by atoms with Crippen molar-refractivity contribution < 1.29 is 14.3 Å². The number of piperidine rings is 1. The van der Waals surface area contributed by atoms with E-state index in [2.05, 4.69) is 6.07 Å². The van der Waals surface area contributed by atoms with Crippen LogP contribution in [0.3, 0.4) is 0 Å². The highest BCUT2D eigenvalue weighted by atomic mass is 16.5. The minimum Gasteiger partial charge on any atom is -0.487 e. The molecule has 0 N–H and O–H groups in total. The molecule has 2 fully saturated rings. The Labute approximate surface area is 174 Å². The fourth-order valence-corrected chi connectivity index (χ4v) is 5.38. The van der Waals surface area contributed by atoms with Gasteiger partial charge in [-0.15, -0.1) is 0 Å². The predicted molar refractivity (Wildman–Crippen MR) is 113 cm³/mol. The van der Waals surface area contributed by atoms with Gasteiger partial charge in [0.2, 0.25) is 11.8 Å². The zero-order chi connectivity index (χ0) is 20.4. The van der Waals surface area contributed by atoms with Gasteiger partial charge in [-0.1, -0.05) is 31.0 Å². The van der Waals surface area contributed by atoms with Crippen molar-refractivity contribution in [2.75, 3.05) is 27.2 Å². The van der Waals surface area contributed by atoms with E-state index in [9.17, 15) is 9.59 Å². The smallest absolute Gasteiger partial charge is 0.222 e. The molecule has 1 aromatic carbocycles. The average molecular weight is 399 g/mol. The quantitative estimate of drug-likeness (QED) is 0.771. The van der Waals surface area contributed by atoms with Crippen molar-refractivity contribution in [3.8, 4) is 5.75 Å². The Bertz CT molecular complexity index is 746. The van der Waals surface area contributed by atoms with Gasteiger partial charge in [0.1, 0.15) is 11.4 Å². The molecule has 1 aliphatic carbocycles. The maximum atomic E-state index is 12.7. The summed E-state index contributed by atoms with van der Waals surface area (Å²) in [5.74, 6) is 2.17. The molecule has 2 aliphatic heterocycles. The number of ether oxygens (including phenoxy) is 1. The van der Waals surface area contributed by atoms with Gasteiger partial charge in [0.05, 0.1) is 0 Å². The molecular weight excluding hydrogens is 364 g/mol. The molecule has 1 atom stereocenters. The van der Waals surface area contributed by atoms with Gasteiger partial charge in [0.25, 0.3) is 0 Å². The van der Waals surface area contributed by atoms with E-state index in [1.54, 1.807) is 4.90 Å². The van der Waals surface area contributed by atoms with Gasteiger partial charge in [-0.05, 0) is 36.8 Å². The summed E-state index contributed by atoms with van der Waals surface area (Å²) < 4.78 is 6.53. The second kappa shape index (κ2) is 8.37. The number of carbonyl (C=O) groups is 2. The SMILES string of the molecule is CN(C)C(=O)C[C@@H]1CC2(CCN(C(=O)CC3CCCC3)CC2)Oc2ccccc21. The normalized spacial score (nSPS) is 23.5. The minimum absolute atomic E-state index is 0.158. The first-order chi connectivity index (χ1) is 14.0. The van der Waals surface area contributed by atoms with Crippen molar-refractivity contribution in [3.05, 3.63) is 29.8 Å². The molecule has 1 spiro atoms. The molecular formula is C24H34N2O3. The molecule has 1 aromatic rings. The van der Waals surface area contributed by atoms with Crippen LogP contribution in [0.1, 0.15) is 69.3 Å². The van der Waals surface area contributed by atoms with Crippen LogP contribution in [0.2, 0.25) is 0 Å². The van der Waals surface area contributed by atoms with Gasteiger partial charge in [-0.25, -0.2) is 0 Å². The highest BCUT2D eigenvalue weighted by Gasteiger charge is 2.44. The van der Waals surface area contributed by atoms with Crippen LogP contribution in [-0.4, -0.2) is 54.4 Å². The van der Waals surface area contributed by atoms with Gasteiger partial charge < -0.3 is 14.5 Å². The van der Waals surface area contributed by atoms with Crippen molar-refractivity contribution >= 4 is 11.8 Å². The molecule has 1 saturated heterocycles. The average Bonchev–Trinajstić information content (AvgIpc) is 3.21. The zero-order valence-corrected chi connectivity index (χ0v) is 17.9. The van der Waals surface area contributed by atoms with E-state index < -0.39 is 0 Å². The largest absolute Gasteiger partial charge is 0.487 e. The number of benzene rings is 1. The summed E-state index contributed by atoms with van der Waals surface area (Å²) in [7, 11) is 3.63. The molecule has 0 unspecified atom stereocenters. The van der Waals surface area contributed by atoms with Crippen LogP contribution in [0.4, 0.5) is 0 Å². The number of fused-ring (bicyclic) bond motifs is 1. The third-order valence-corrected chi connectivity index (χ3v) is 7.19. The van der Waals surface area contributed by atoms with E-state index in [-0.39, 0.29) is 17.4 Å². The Kier molecular flexibility index (Phi) is 5.84. The topological polar surface area (TPSA) is 49.9 Å². The third-order valence-electron chi connectivity index (χ3n) is 7.19. The Morgan fingerprint density at radius 2 is 1.79 bits per heavy atom. The van der Waals surface area contributed by atoms with E-state index in [4.69, 9.17) is 4.74 Å². The number of para-hydroxylation sites is 1. The van der Waals surface area contributed by atoms with Crippen molar-refractivity contribution in [1.82, 2.24) is 9.80 Å². The van der Waals surface area contributed by atoms with Crippen molar-refractivity contribution in [2.45, 2.75) is 69.3 Å². The van der Waals surface area contributed by atoms with Crippen LogP contribution in [0.25, 0.3) is 0 Å². The molecule has 0 radical (unpaired) electrons. The van der Waals surface area contributed by atoms with Crippen LogP contribution >= 0.6 is 0 Å². The molecule has 5 heteroatoms. The van der Waals surface area contributed by atoms with Gasteiger partial charge in [0, 0.05) is 58.8 Å². The zero-order valence-electron chi connectivity index (χ0n) is 17.9. The van der Waals surface area contributed by atoms with Crippen molar-refractivity contribution in [2.24, 2.45) is 5.92 Å².